The van der Waals surface area contributed by atoms with E-state index in [1.807, 2.05) is 49.3 Å². The van der Waals surface area contributed by atoms with E-state index in [9.17, 15) is 0 Å². The smallest absolute Gasteiger partial charge is 0.0346 e. The average Bonchev–Trinajstić information content (AvgIpc) is 3.12. The third-order valence-electron chi connectivity index (χ3n) is 9.70. The fraction of sp³-hybridized carbons (Fsp3) is 0.279. The molecule has 0 bridgehead atoms. The molecule has 0 aliphatic carbocycles. The molecular formula is C43H43N3. The minimum absolute atomic E-state index is 1.09. The maximum atomic E-state index is 4.52. The second kappa shape index (κ2) is 14.2. The van der Waals surface area contributed by atoms with E-state index in [0.29, 0.717) is 0 Å². The molecule has 7 rings (SSSR count). The van der Waals surface area contributed by atoms with Crippen molar-refractivity contribution in [2.24, 2.45) is 0 Å². The van der Waals surface area contributed by atoms with Gasteiger partial charge in [0.05, 0.1) is 0 Å². The van der Waals surface area contributed by atoms with E-state index < -0.39 is 0 Å². The van der Waals surface area contributed by atoms with E-state index in [0.717, 1.165) is 17.5 Å². The molecule has 3 heteroatoms. The molecule has 230 valence electrons. The Morgan fingerprint density at radius 1 is 0.435 bits per heavy atom. The highest BCUT2D eigenvalue weighted by atomic mass is 14.6. The molecule has 0 atom stereocenters. The summed E-state index contributed by atoms with van der Waals surface area (Å²) in [5, 5.41) is 7.87. The maximum Gasteiger partial charge on any atom is 0.0346 e. The number of pyridine rings is 3. The Balaban J connectivity index is 1.34. The normalized spacial score (nSPS) is 11.7. The van der Waals surface area contributed by atoms with Crippen LogP contribution in [0.2, 0.25) is 0 Å². The summed E-state index contributed by atoms with van der Waals surface area (Å²) in [6.45, 7) is 2.29. The van der Waals surface area contributed by atoms with Gasteiger partial charge in [-0.15, -0.1) is 0 Å². The number of hydrogen-bond acceptors (Lipinski definition) is 3. The first-order valence-corrected chi connectivity index (χ1v) is 17.3. The molecule has 0 unspecified atom stereocenters. The zero-order valence-corrected chi connectivity index (χ0v) is 27.0. The van der Waals surface area contributed by atoms with Gasteiger partial charge < -0.3 is 0 Å². The van der Waals surface area contributed by atoms with Gasteiger partial charge in [-0.3, -0.25) is 15.0 Å². The topological polar surface area (TPSA) is 38.7 Å². The predicted octanol–water partition coefficient (Wildman–Crippen LogP) is 12.2. The summed E-state index contributed by atoms with van der Waals surface area (Å²) in [4.78, 5) is 13.5. The van der Waals surface area contributed by atoms with Crippen LogP contribution in [0, 0.1) is 0 Å². The lowest BCUT2D eigenvalue weighted by Crippen LogP contribution is -1.96. The molecule has 0 N–H and O–H groups in total. The van der Waals surface area contributed by atoms with E-state index in [-0.39, 0.29) is 0 Å². The minimum atomic E-state index is 1.09. The molecule has 4 aromatic carbocycles. The number of benzene rings is 4. The molecular weight excluding hydrogens is 558 g/mol. The number of unbranched alkanes of at least 4 members (excludes halogenated alkanes) is 9. The first kappa shape index (κ1) is 30.0. The van der Waals surface area contributed by atoms with Crippen LogP contribution in [0.1, 0.15) is 76.7 Å². The SMILES string of the molecule is CCCCCCCCCCCCc1cc(-c2cccnc2)c2ccc3c(-c4cccnc4)cc(-c4cccnc4)c4ccc1c2c43. The van der Waals surface area contributed by atoms with Crippen LogP contribution in [0.3, 0.4) is 0 Å². The summed E-state index contributed by atoms with van der Waals surface area (Å²) in [5.41, 5.74) is 8.55. The van der Waals surface area contributed by atoms with Gasteiger partial charge in [0.25, 0.3) is 0 Å². The van der Waals surface area contributed by atoms with Gasteiger partial charge in [-0.05, 0) is 97.7 Å². The molecule has 0 saturated heterocycles. The lowest BCUT2D eigenvalue weighted by atomic mass is 9.82. The highest BCUT2D eigenvalue weighted by Gasteiger charge is 2.20. The van der Waals surface area contributed by atoms with Crippen molar-refractivity contribution in [2.75, 3.05) is 0 Å². The number of nitrogens with zero attached hydrogens (tertiary/aromatic N) is 3. The van der Waals surface area contributed by atoms with Gasteiger partial charge >= 0.3 is 0 Å². The monoisotopic (exact) mass is 601 g/mol. The average molecular weight is 602 g/mol. The third kappa shape index (κ3) is 6.11. The van der Waals surface area contributed by atoms with Crippen molar-refractivity contribution in [1.82, 2.24) is 15.0 Å². The summed E-state index contributed by atoms with van der Waals surface area (Å²) in [6.07, 6.45) is 26.1. The zero-order valence-electron chi connectivity index (χ0n) is 27.0. The van der Waals surface area contributed by atoms with Crippen molar-refractivity contribution in [3.05, 3.63) is 116 Å². The Labute approximate surface area is 273 Å². The lowest BCUT2D eigenvalue weighted by molar-refractivity contribution is 0.556. The molecule has 7 aromatic rings. The fourth-order valence-corrected chi connectivity index (χ4v) is 7.36. The van der Waals surface area contributed by atoms with Crippen LogP contribution >= 0.6 is 0 Å². The molecule has 0 fully saturated rings. The summed E-state index contributed by atoms with van der Waals surface area (Å²) in [6, 6.07) is 26.8. The molecule has 0 aliphatic rings. The van der Waals surface area contributed by atoms with Crippen molar-refractivity contribution in [1.29, 1.82) is 0 Å². The van der Waals surface area contributed by atoms with Crippen LogP contribution in [0.15, 0.2) is 110 Å². The Kier molecular flexibility index (Phi) is 9.28. The molecule has 3 heterocycles. The number of aromatic nitrogens is 3. The summed E-state index contributed by atoms with van der Waals surface area (Å²) in [5.74, 6) is 0. The van der Waals surface area contributed by atoms with Gasteiger partial charge in [-0.2, -0.15) is 0 Å². The minimum Gasteiger partial charge on any atom is -0.264 e. The van der Waals surface area contributed by atoms with E-state index in [2.05, 4.69) is 82.5 Å². The van der Waals surface area contributed by atoms with Crippen molar-refractivity contribution in [3.8, 4) is 33.4 Å². The maximum absolute atomic E-state index is 4.52. The van der Waals surface area contributed by atoms with E-state index in [1.54, 1.807) is 0 Å². The molecule has 0 spiro atoms. The number of aryl methyl sites for hydroxylation is 1. The number of hydrogen-bond donors (Lipinski definition) is 0. The molecule has 0 amide bonds. The molecule has 3 aromatic heterocycles. The van der Waals surface area contributed by atoms with Gasteiger partial charge in [0.2, 0.25) is 0 Å². The standard InChI is InChI=1S/C43H43N3/c1-2-3-4-5-6-7-8-9-10-11-15-31-26-39(32-16-12-23-44-28-32)36-21-22-38-41(34-18-14-25-46-30-34)27-40(33-17-13-24-45-29-33)37-20-19-35(31)42(36)43(37)38/h12-14,16-30H,2-11,15H2,1H3. The van der Waals surface area contributed by atoms with Crippen LogP contribution in [-0.4, -0.2) is 15.0 Å². The largest absolute Gasteiger partial charge is 0.264 e. The lowest BCUT2D eigenvalue weighted by Gasteiger charge is -2.21. The molecule has 0 radical (unpaired) electrons. The van der Waals surface area contributed by atoms with Crippen molar-refractivity contribution < 1.29 is 0 Å². The van der Waals surface area contributed by atoms with Crippen LogP contribution in [0.5, 0.6) is 0 Å². The van der Waals surface area contributed by atoms with Gasteiger partial charge in [0.15, 0.2) is 0 Å². The van der Waals surface area contributed by atoms with Gasteiger partial charge in [0.1, 0.15) is 0 Å². The highest BCUT2D eigenvalue weighted by Crippen LogP contribution is 2.46. The Morgan fingerprint density at radius 2 is 0.848 bits per heavy atom. The second-order valence-corrected chi connectivity index (χ2v) is 12.8. The van der Waals surface area contributed by atoms with Crippen LogP contribution in [0.25, 0.3) is 65.7 Å². The summed E-state index contributed by atoms with van der Waals surface area (Å²) in [7, 11) is 0. The Morgan fingerprint density at radius 3 is 1.30 bits per heavy atom. The van der Waals surface area contributed by atoms with Gasteiger partial charge in [0, 0.05) is 53.9 Å². The number of rotatable bonds is 14. The van der Waals surface area contributed by atoms with Crippen LogP contribution in [0.4, 0.5) is 0 Å². The first-order valence-electron chi connectivity index (χ1n) is 17.3. The predicted molar refractivity (Wildman–Crippen MR) is 195 cm³/mol. The summed E-state index contributed by atoms with van der Waals surface area (Å²) >= 11 is 0. The van der Waals surface area contributed by atoms with Crippen molar-refractivity contribution >= 4 is 32.3 Å². The molecule has 0 saturated carbocycles. The summed E-state index contributed by atoms with van der Waals surface area (Å²) < 4.78 is 0. The fourth-order valence-electron chi connectivity index (χ4n) is 7.36. The highest BCUT2D eigenvalue weighted by molar-refractivity contribution is 6.30. The first-order chi connectivity index (χ1) is 22.8. The van der Waals surface area contributed by atoms with E-state index in [1.165, 1.54) is 124 Å². The zero-order chi connectivity index (χ0) is 31.1. The quantitative estimate of drug-likeness (QED) is 0.0919. The Bertz CT molecular complexity index is 1960. The molecule has 46 heavy (non-hydrogen) atoms. The van der Waals surface area contributed by atoms with Crippen LogP contribution < -0.4 is 0 Å². The van der Waals surface area contributed by atoms with E-state index >= 15 is 0 Å². The van der Waals surface area contributed by atoms with Gasteiger partial charge in [-0.25, -0.2) is 0 Å². The molecule has 0 aliphatic heterocycles. The second-order valence-electron chi connectivity index (χ2n) is 12.8. The third-order valence-corrected chi connectivity index (χ3v) is 9.70. The Hall–Kier alpha value is -4.63. The van der Waals surface area contributed by atoms with Crippen LogP contribution in [-0.2, 0) is 6.42 Å². The van der Waals surface area contributed by atoms with Crippen molar-refractivity contribution in [2.45, 2.75) is 77.6 Å². The van der Waals surface area contributed by atoms with E-state index in [4.69, 9.17) is 0 Å². The van der Waals surface area contributed by atoms with Gasteiger partial charge in [-0.1, -0.05) is 107 Å². The molecule has 3 nitrogen and oxygen atoms in total. The van der Waals surface area contributed by atoms with Crippen molar-refractivity contribution in [3.63, 3.8) is 0 Å².